The van der Waals surface area contributed by atoms with Crippen molar-refractivity contribution in [2.45, 2.75) is 23.2 Å². The van der Waals surface area contributed by atoms with Gasteiger partial charge in [-0.3, -0.25) is 4.21 Å². The van der Waals surface area contributed by atoms with E-state index in [4.69, 9.17) is 0 Å². The average Bonchev–Trinajstić information content (AvgIpc) is 3.34. The van der Waals surface area contributed by atoms with Gasteiger partial charge in [-0.1, -0.05) is 18.2 Å². The summed E-state index contributed by atoms with van der Waals surface area (Å²) in [6.07, 6.45) is 3.46. The van der Waals surface area contributed by atoms with Gasteiger partial charge in [0, 0.05) is 39.6 Å². The van der Waals surface area contributed by atoms with Crippen molar-refractivity contribution in [1.82, 2.24) is 5.32 Å². The summed E-state index contributed by atoms with van der Waals surface area (Å²) in [7, 11) is -1.10. The zero-order chi connectivity index (χ0) is 17.2. The topological polar surface area (TPSA) is 58.2 Å². The molecule has 2 amide bonds. The van der Waals surface area contributed by atoms with Gasteiger partial charge in [-0.15, -0.1) is 0 Å². The van der Waals surface area contributed by atoms with E-state index in [1.165, 1.54) is 12.1 Å². The van der Waals surface area contributed by atoms with Crippen molar-refractivity contribution in [3.8, 4) is 0 Å². The van der Waals surface area contributed by atoms with E-state index in [0.717, 1.165) is 18.4 Å². The summed E-state index contributed by atoms with van der Waals surface area (Å²) in [6, 6.07) is 13.2. The number of amides is 2. The van der Waals surface area contributed by atoms with Crippen LogP contribution in [0.1, 0.15) is 18.4 Å². The van der Waals surface area contributed by atoms with Crippen LogP contribution in [0.25, 0.3) is 0 Å². The van der Waals surface area contributed by atoms with Crippen molar-refractivity contribution < 1.29 is 13.4 Å². The van der Waals surface area contributed by atoms with Gasteiger partial charge in [-0.05, 0) is 48.7 Å². The second-order valence-corrected chi connectivity index (χ2v) is 7.46. The van der Waals surface area contributed by atoms with Crippen LogP contribution < -0.4 is 10.6 Å². The van der Waals surface area contributed by atoms with Crippen LogP contribution in [0.3, 0.4) is 0 Å². The molecule has 2 aromatic carbocycles. The molecule has 1 aliphatic rings. The van der Waals surface area contributed by atoms with E-state index in [2.05, 4.69) is 10.6 Å². The number of anilines is 1. The molecule has 0 aromatic heterocycles. The second kappa shape index (κ2) is 6.73. The Morgan fingerprint density at radius 2 is 1.96 bits per heavy atom. The highest BCUT2D eigenvalue weighted by atomic mass is 32.2. The molecule has 0 radical (unpaired) electrons. The third kappa shape index (κ3) is 3.82. The van der Waals surface area contributed by atoms with Gasteiger partial charge in [0.1, 0.15) is 5.82 Å². The van der Waals surface area contributed by atoms with Crippen molar-refractivity contribution >= 4 is 22.5 Å². The Morgan fingerprint density at radius 3 is 2.62 bits per heavy atom. The fourth-order valence-corrected chi connectivity index (χ4v) is 3.28. The normalized spacial score (nSPS) is 16.2. The van der Waals surface area contributed by atoms with Gasteiger partial charge in [0.2, 0.25) is 0 Å². The molecule has 0 aliphatic heterocycles. The Morgan fingerprint density at radius 1 is 1.21 bits per heavy atom. The quantitative estimate of drug-likeness (QED) is 0.871. The number of rotatable bonds is 5. The summed E-state index contributed by atoms with van der Waals surface area (Å²) in [6.45, 7) is 0.460. The van der Waals surface area contributed by atoms with Gasteiger partial charge >= 0.3 is 6.03 Å². The highest BCUT2D eigenvalue weighted by Crippen LogP contribution is 2.47. The van der Waals surface area contributed by atoms with Crippen molar-refractivity contribution in [3.63, 3.8) is 0 Å². The molecule has 0 saturated heterocycles. The molecule has 1 aliphatic carbocycles. The first-order valence-corrected chi connectivity index (χ1v) is 9.29. The van der Waals surface area contributed by atoms with Crippen LogP contribution in [-0.4, -0.2) is 23.0 Å². The van der Waals surface area contributed by atoms with Gasteiger partial charge in [0.15, 0.2) is 0 Å². The molecule has 24 heavy (non-hydrogen) atoms. The maximum Gasteiger partial charge on any atom is 0.319 e. The predicted molar refractivity (Wildman–Crippen MR) is 93.1 cm³/mol. The summed E-state index contributed by atoms with van der Waals surface area (Å²) in [5.41, 5.74) is 1.36. The van der Waals surface area contributed by atoms with Crippen molar-refractivity contribution in [2.24, 2.45) is 0 Å². The first kappa shape index (κ1) is 16.6. The lowest BCUT2D eigenvalue weighted by atomic mass is 9.96. The lowest BCUT2D eigenvalue weighted by molar-refractivity contribution is 0.251. The molecular formula is C18H19FN2O2S. The van der Waals surface area contributed by atoms with Crippen LogP contribution in [0.2, 0.25) is 0 Å². The third-order valence-corrected chi connectivity index (χ3v) is 5.22. The minimum atomic E-state index is -1.10. The maximum absolute atomic E-state index is 13.4. The van der Waals surface area contributed by atoms with Crippen LogP contribution in [0.4, 0.5) is 14.9 Å². The molecule has 0 heterocycles. The lowest BCUT2D eigenvalue weighted by Gasteiger charge is -2.17. The molecule has 1 fully saturated rings. The zero-order valence-electron chi connectivity index (χ0n) is 13.3. The SMILES string of the molecule is C[S@](=O)c1cccc(NC(=O)NCC2(c3cccc(F)c3)CC2)c1. The summed E-state index contributed by atoms with van der Waals surface area (Å²) >= 11 is 0. The fourth-order valence-electron chi connectivity index (χ4n) is 2.71. The number of benzene rings is 2. The van der Waals surface area contributed by atoms with Crippen molar-refractivity contribution in [2.75, 3.05) is 18.1 Å². The number of halogens is 1. The third-order valence-electron chi connectivity index (χ3n) is 4.30. The van der Waals surface area contributed by atoms with Gasteiger partial charge < -0.3 is 10.6 Å². The van der Waals surface area contributed by atoms with E-state index in [1.54, 1.807) is 36.6 Å². The highest BCUT2D eigenvalue weighted by molar-refractivity contribution is 7.84. The number of hydrogen-bond donors (Lipinski definition) is 2. The Balaban J connectivity index is 1.60. The maximum atomic E-state index is 13.4. The van der Waals surface area contributed by atoms with Crippen LogP contribution in [0.5, 0.6) is 0 Å². The Kier molecular flexibility index (Phi) is 4.66. The van der Waals surface area contributed by atoms with Crippen LogP contribution in [-0.2, 0) is 16.2 Å². The standard InChI is InChI=1S/C18H19FN2O2S/c1-24(23)16-7-3-6-15(11-16)21-17(22)20-12-18(8-9-18)13-4-2-5-14(19)10-13/h2-7,10-11H,8-9,12H2,1H3,(H2,20,21,22)/t24-/m0/s1. The number of nitrogens with one attached hydrogen (secondary N) is 2. The molecule has 2 aromatic rings. The van der Waals surface area contributed by atoms with E-state index >= 15 is 0 Å². The molecule has 2 N–H and O–H groups in total. The summed E-state index contributed by atoms with van der Waals surface area (Å²) < 4.78 is 24.9. The van der Waals surface area contributed by atoms with E-state index < -0.39 is 10.8 Å². The average molecular weight is 346 g/mol. The first-order valence-electron chi connectivity index (χ1n) is 7.73. The van der Waals surface area contributed by atoms with Gasteiger partial charge in [-0.25, -0.2) is 9.18 Å². The number of carbonyl (C=O) groups excluding carboxylic acids is 1. The second-order valence-electron chi connectivity index (χ2n) is 6.08. The van der Waals surface area contributed by atoms with Crippen LogP contribution in [0.15, 0.2) is 53.4 Å². The highest BCUT2D eigenvalue weighted by Gasteiger charge is 2.44. The molecule has 1 saturated carbocycles. The predicted octanol–water partition coefficient (Wildman–Crippen LogP) is 3.42. The molecular weight excluding hydrogens is 327 g/mol. The Labute approximate surface area is 142 Å². The molecule has 0 spiro atoms. The summed E-state index contributed by atoms with van der Waals surface area (Å²) in [4.78, 5) is 12.8. The molecule has 0 bridgehead atoms. The van der Waals surface area contributed by atoms with E-state index in [-0.39, 0.29) is 17.3 Å². The van der Waals surface area contributed by atoms with Crippen molar-refractivity contribution in [1.29, 1.82) is 0 Å². The minimum absolute atomic E-state index is 0.161. The molecule has 1 atom stereocenters. The largest absolute Gasteiger partial charge is 0.337 e. The molecule has 0 unspecified atom stereocenters. The van der Waals surface area contributed by atoms with E-state index in [0.29, 0.717) is 17.1 Å². The summed E-state index contributed by atoms with van der Waals surface area (Å²) in [5, 5.41) is 5.59. The van der Waals surface area contributed by atoms with Gasteiger partial charge in [-0.2, -0.15) is 0 Å². The zero-order valence-corrected chi connectivity index (χ0v) is 14.2. The molecule has 126 valence electrons. The Hall–Kier alpha value is -2.21. The van der Waals surface area contributed by atoms with E-state index in [1.807, 2.05) is 6.07 Å². The number of hydrogen-bond acceptors (Lipinski definition) is 2. The minimum Gasteiger partial charge on any atom is -0.337 e. The number of carbonyl (C=O) groups is 1. The molecule has 6 heteroatoms. The smallest absolute Gasteiger partial charge is 0.319 e. The Bertz CT molecular complexity index is 790. The van der Waals surface area contributed by atoms with Crippen molar-refractivity contribution in [3.05, 3.63) is 59.9 Å². The van der Waals surface area contributed by atoms with Gasteiger partial charge in [0.05, 0.1) is 0 Å². The fraction of sp³-hybridized carbons (Fsp3) is 0.278. The first-order chi connectivity index (χ1) is 11.5. The number of urea groups is 1. The van der Waals surface area contributed by atoms with Crippen LogP contribution in [0, 0.1) is 5.82 Å². The molecule has 3 rings (SSSR count). The van der Waals surface area contributed by atoms with Gasteiger partial charge in [0.25, 0.3) is 0 Å². The van der Waals surface area contributed by atoms with E-state index in [9.17, 15) is 13.4 Å². The summed E-state index contributed by atoms with van der Waals surface area (Å²) in [5.74, 6) is -0.257. The lowest BCUT2D eigenvalue weighted by Crippen LogP contribution is -2.35. The monoisotopic (exact) mass is 346 g/mol. The van der Waals surface area contributed by atoms with Crippen LogP contribution >= 0.6 is 0 Å². The molecule has 4 nitrogen and oxygen atoms in total.